The van der Waals surface area contributed by atoms with Gasteiger partial charge in [-0.2, -0.15) is 0 Å². The van der Waals surface area contributed by atoms with Gasteiger partial charge in [-0.1, -0.05) is 44.4 Å². The highest BCUT2D eigenvalue weighted by Gasteiger charge is 2.26. The molecule has 3 N–H and O–H groups in total. The molecule has 0 heterocycles. The van der Waals surface area contributed by atoms with E-state index in [-0.39, 0.29) is 5.91 Å². The van der Waals surface area contributed by atoms with Crippen molar-refractivity contribution in [2.75, 3.05) is 6.54 Å². The Hall–Kier alpha value is -1.35. The van der Waals surface area contributed by atoms with E-state index in [4.69, 9.17) is 5.73 Å². The lowest BCUT2D eigenvalue weighted by molar-refractivity contribution is 0.0999. The van der Waals surface area contributed by atoms with Gasteiger partial charge in [-0.15, -0.1) is 0 Å². The highest BCUT2D eigenvalue weighted by Crippen LogP contribution is 2.34. The van der Waals surface area contributed by atoms with Crippen molar-refractivity contribution in [1.82, 2.24) is 5.32 Å². The maximum Gasteiger partial charge on any atom is 0.249 e. The molecule has 0 aromatic heterocycles. The second-order valence-electron chi connectivity index (χ2n) is 6.00. The predicted octanol–water partition coefficient (Wildman–Crippen LogP) is 2.85. The predicted molar refractivity (Wildman–Crippen MR) is 77.9 cm³/mol. The maximum atomic E-state index is 11.3. The van der Waals surface area contributed by atoms with Gasteiger partial charge in [0, 0.05) is 18.7 Å². The van der Waals surface area contributed by atoms with Gasteiger partial charge in [0.15, 0.2) is 0 Å². The highest BCUT2D eigenvalue weighted by molar-refractivity contribution is 5.94. The molecule has 1 aliphatic carbocycles. The smallest absolute Gasteiger partial charge is 0.249 e. The van der Waals surface area contributed by atoms with Gasteiger partial charge in [-0.3, -0.25) is 4.79 Å². The zero-order valence-corrected chi connectivity index (χ0v) is 11.7. The molecule has 0 atom stereocenters. The minimum Gasteiger partial charge on any atom is -0.366 e. The van der Waals surface area contributed by atoms with Gasteiger partial charge >= 0.3 is 0 Å². The molecule has 3 nitrogen and oxygen atoms in total. The second-order valence-corrected chi connectivity index (χ2v) is 6.00. The molecule has 0 bridgehead atoms. The van der Waals surface area contributed by atoms with Crippen molar-refractivity contribution in [3.8, 4) is 0 Å². The van der Waals surface area contributed by atoms with Crippen LogP contribution in [0.4, 0.5) is 0 Å². The fourth-order valence-corrected chi connectivity index (χ4v) is 3.00. The molecule has 1 aromatic carbocycles. The largest absolute Gasteiger partial charge is 0.366 e. The molecule has 1 fully saturated rings. The van der Waals surface area contributed by atoms with Crippen LogP contribution >= 0.6 is 0 Å². The number of hydrogen-bond donors (Lipinski definition) is 2. The topological polar surface area (TPSA) is 55.1 Å². The first-order valence-corrected chi connectivity index (χ1v) is 7.19. The number of carbonyl (C=O) groups is 1. The number of nitrogens with two attached hydrogens (primary N) is 1. The Morgan fingerprint density at radius 1 is 1.26 bits per heavy atom. The minimum atomic E-state index is -0.346. The fraction of sp³-hybridized carbons (Fsp3) is 0.562. The van der Waals surface area contributed by atoms with Crippen LogP contribution in [0, 0.1) is 5.41 Å². The summed E-state index contributed by atoms with van der Waals surface area (Å²) in [6, 6.07) is 7.57. The molecule has 1 aliphatic rings. The van der Waals surface area contributed by atoms with Crippen molar-refractivity contribution in [2.24, 2.45) is 11.1 Å². The van der Waals surface area contributed by atoms with Crippen molar-refractivity contribution < 1.29 is 4.79 Å². The molecule has 2 rings (SSSR count). The number of amides is 1. The Kier molecular flexibility index (Phi) is 4.59. The van der Waals surface area contributed by atoms with Crippen molar-refractivity contribution in [2.45, 2.75) is 45.6 Å². The Labute approximate surface area is 115 Å². The van der Waals surface area contributed by atoms with Crippen LogP contribution in [-0.2, 0) is 6.54 Å². The lowest BCUT2D eigenvalue weighted by Gasteiger charge is -2.33. The van der Waals surface area contributed by atoms with E-state index in [1.807, 2.05) is 18.2 Å². The summed E-state index contributed by atoms with van der Waals surface area (Å²) in [5.41, 5.74) is 7.43. The lowest BCUT2D eigenvalue weighted by Crippen LogP contribution is -2.33. The van der Waals surface area contributed by atoms with Crippen LogP contribution in [0.1, 0.15) is 54.9 Å². The summed E-state index contributed by atoms with van der Waals surface area (Å²) in [6.07, 6.45) is 6.67. The van der Waals surface area contributed by atoms with Crippen LogP contribution in [-0.4, -0.2) is 12.5 Å². The molecule has 104 valence electrons. The van der Waals surface area contributed by atoms with E-state index in [1.54, 1.807) is 6.07 Å². The summed E-state index contributed by atoms with van der Waals surface area (Å²) < 4.78 is 0. The molecule has 0 radical (unpaired) electrons. The molecule has 0 aliphatic heterocycles. The van der Waals surface area contributed by atoms with Gasteiger partial charge in [-0.05, 0) is 29.9 Å². The van der Waals surface area contributed by atoms with E-state index in [0.29, 0.717) is 17.5 Å². The minimum absolute atomic E-state index is 0.346. The molecular formula is C16H24N2O. The average Bonchev–Trinajstić information content (AvgIpc) is 2.40. The number of rotatable bonds is 5. The van der Waals surface area contributed by atoms with Gasteiger partial charge in [0.25, 0.3) is 0 Å². The molecule has 3 heteroatoms. The quantitative estimate of drug-likeness (QED) is 0.855. The first-order chi connectivity index (χ1) is 9.11. The Morgan fingerprint density at radius 3 is 2.63 bits per heavy atom. The zero-order valence-electron chi connectivity index (χ0n) is 11.7. The third-order valence-electron chi connectivity index (χ3n) is 4.21. The van der Waals surface area contributed by atoms with E-state index < -0.39 is 0 Å². The number of carbonyl (C=O) groups excluding carboxylic acids is 1. The van der Waals surface area contributed by atoms with Crippen LogP contribution in [0.25, 0.3) is 0 Å². The summed E-state index contributed by atoms with van der Waals surface area (Å²) in [4.78, 5) is 11.3. The molecule has 0 unspecified atom stereocenters. The number of benzene rings is 1. The first-order valence-electron chi connectivity index (χ1n) is 7.19. The van der Waals surface area contributed by atoms with Crippen molar-refractivity contribution in [1.29, 1.82) is 0 Å². The lowest BCUT2D eigenvalue weighted by atomic mass is 9.76. The molecular weight excluding hydrogens is 236 g/mol. The summed E-state index contributed by atoms with van der Waals surface area (Å²) >= 11 is 0. The van der Waals surface area contributed by atoms with E-state index in [1.165, 1.54) is 32.1 Å². The Bertz CT molecular complexity index is 436. The molecule has 19 heavy (non-hydrogen) atoms. The first kappa shape index (κ1) is 14.1. The fourth-order valence-electron chi connectivity index (χ4n) is 3.00. The average molecular weight is 260 g/mol. The molecule has 1 aromatic rings. The van der Waals surface area contributed by atoms with E-state index in [2.05, 4.69) is 12.2 Å². The van der Waals surface area contributed by atoms with E-state index in [0.717, 1.165) is 12.1 Å². The highest BCUT2D eigenvalue weighted by atomic mass is 16.1. The second kappa shape index (κ2) is 6.20. The standard InChI is InChI=1S/C16H24N2O/c1-16(9-5-2-6-10-16)12-18-11-13-7-3-4-8-14(13)15(17)19/h3-4,7-8,18H,2,5-6,9-12H2,1H3,(H2,17,19). The molecule has 0 spiro atoms. The Morgan fingerprint density at radius 2 is 1.95 bits per heavy atom. The van der Waals surface area contributed by atoms with Crippen LogP contribution in [0.2, 0.25) is 0 Å². The van der Waals surface area contributed by atoms with Crippen LogP contribution in [0.3, 0.4) is 0 Å². The van der Waals surface area contributed by atoms with Crippen LogP contribution < -0.4 is 11.1 Å². The number of nitrogens with one attached hydrogen (secondary N) is 1. The summed E-state index contributed by atoms with van der Waals surface area (Å²) in [6.45, 7) is 4.09. The van der Waals surface area contributed by atoms with E-state index in [9.17, 15) is 4.79 Å². The monoisotopic (exact) mass is 260 g/mol. The maximum absolute atomic E-state index is 11.3. The summed E-state index contributed by atoms with van der Waals surface area (Å²) in [5, 5.41) is 3.50. The summed E-state index contributed by atoms with van der Waals surface area (Å²) in [5.74, 6) is -0.346. The van der Waals surface area contributed by atoms with Crippen LogP contribution in [0.15, 0.2) is 24.3 Å². The third-order valence-corrected chi connectivity index (χ3v) is 4.21. The van der Waals surface area contributed by atoms with E-state index >= 15 is 0 Å². The third kappa shape index (κ3) is 3.80. The normalized spacial score (nSPS) is 18.2. The molecule has 0 saturated heterocycles. The molecule has 1 amide bonds. The molecule has 1 saturated carbocycles. The number of primary amides is 1. The van der Waals surface area contributed by atoms with Gasteiger partial charge < -0.3 is 11.1 Å². The Balaban J connectivity index is 1.90. The van der Waals surface area contributed by atoms with Gasteiger partial charge in [-0.25, -0.2) is 0 Å². The SMILES string of the molecule is CC1(CNCc2ccccc2C(N)=O)CCCCC1. The van der Waals surface area contributed by atoms with Crippen molar-refractivity contribution in [3.63, 3.8) is 0 Å². The van der Waals surface area contributed by atoms with Gasteiger partial charge in [0.05, 0.1) is 0 Å². The van der Waals surface area contributed by atoms with Crippen LogP contribution in [0.5, 0.6) is 0 Å². The summed E-state index contributed by atoms with van der Waals surface area (Å²) in [7, 11) is 0. The van der Waals surface area contributed by atoms with Gasteiger partial charge in [0.2, 0.25) is 5.91 Å². The zero-order chi connectivity index (χ0) is 13.7. The number of hydrogen-bond acceptors (Lipinski definition) is 2. The van der Waals surface area contributed by atoms with Crippen molar-refractivity contribution in [3.05, 3.63) is 35.4 Å². The van der Waals surface area contributed by atoms with Crippen molar-refractivity contribution >= 4 is 5.91 Å². The van der Waals surface area contributed by atoms with Gasteiger partial charge in [0.1, 0.15) is 0 Å².